The van der Waals surface area contributed by atoms with Crippen molar-refractivity contribution in [2.45, 2.75) is 4.90 Å². The number of carbonyl (C=O) groups excluding carboxylic acids is 3. The Hall–Kier alpha value is -3.29. The summed E-state index contributed by atoms with van der Waals surface area (Å²) in [6, 6.07) is 20.1. The molecule has 0 aromatic heterocycles. The van der Waals surface area contributed by atoms with Crippen molar-refractivity contribution in [3.63, 3.8) is 0 Å². The van der Waals surface area contributed by atoms with E-state index in [1.165, 1.54) is 11.8 Å². The van der Waals surface area contributed by atoms with E-state index in [0.717, 1.165) is 0 Å². The number of hydrogen-bond donors (Lipinski definition) is 1. The van der Waals surface area contributed by atoms with Gasteiger partial charge in [-0.15, -0.1) is 11.8 Å². The minimum Gasteiger partial charge on any atom is -0.497 e. The van der Waals surface area contributed by atoms with Gasteiger partial charge in [0, 0.05) is 27.2 Å². The third-order valence-electron chi connectivity index (χ3n) is 4.32. The molecule has 0 bridgehead atoms. The molecule has 0 aliphatic heterocycles. The van der Waals surface area contributed by atoms with Crippen molar-refractivity contribution in [2.24, 2.45) is 0 Å². The molecule has 0 fully saturated rings. The Bertz CT molecular complexity index is 1120. The monoisotopic (exact) mass is 469 g/mol. The summed E-state index contributed by atoms with van der Waals surface area (Å²) in [5.41, 5.74) is 1.30. The molecular formula is C24H20ClNO5S. The van der Waals surface area contributed by atoms with Gasteiger partial charge in [-0.1, -0.05) is 29.8 Å². The summed E-state index contributed by atoms with van der Waals surface area (Å²) < 4.78 is 10.3. The van der Waals surface area contributed by atoms with Crippen molar-refractivity contribution < 1.29 is 23.9 Å². The number of carbonyl (C=O) groups is 3. The zero-order valence-corrected chi connectivity index (χ0v) is 18.7. The molecule has 3 aromatic rings. The first-order valence-corrected chi connectivity index (χ1v) is 10.9. The molecule has 164 valence electrons. The number of halogens is 1. The second kappa shape index (κ2) is 11.4. The number of benzene rings is 3. The number of methoxy groups -OCH3 is 1. The van der Waals surface area contributed by atoms with E-state index in [2.05, 4.69) is 5.32 Å². The minimum absolute atomic E-state index is 0.0885. The maximum atomic E-state index is 12.5. The second-order valence-corrected chi connectivity index (χ2v) is 8.02. The van der Waals surface area contributed by atoms with Crippen LogP contribution in [0.25, 0.3) is 0 Å². The zero-order chi connectivity index (χ0) is 22.9. The van der Waals surface area contributed by atoms with E-state index in [0.29, 0.717) is 26.9 Å². The Morgan fingerprint density at radius 3 is 2.47 bits per heavy atom. The highest BCUT2D eigenvalue weighted by Crippen LogP contribution is 2.24. The van der Waals surface area contributed by atoms with Gasteiger partial charge in [0.2, 0.25) is 5.91 Å². The van der Waals surface area contributed by atoms with Crippen LogP contribution in [0.4, 0.5) is 5.69 Å². The Labute approximate surface area is 194 Å². The summed E-state index contributed by atoms with van der Waals surface area (Å²) in [5, 5.41) is 3.30. The quantitative estimate of drug-likeness (QED) is 0.266. The number of anilines is 1. The van der Waals surface area contributed by atoms with E-state index in [4.69, 9.17) is 21.1 Å². The van der Waals surface area contributed by atoms with Gasteiger partial charge >= 0.3 is 5.97 Å². The van der Waals surface area contributed by atoms with Gasteiger partial charge in [-0.05, 0) is 48.5 Å². The predicted octanol–water partition coefficient (Wildman–Crippen LogP) is 5.12. The molecule has 0 aliphatic rings. The predicted molar refractivity (Wildman–Crippen MR) is 125 cm³/mol. The zero-order valence-electron chi connectivity index (χ0n) is 17.2. The van der Waals surface area contributed by atoms with Gasteiger partial charge in [0.25, 0.3) is 0 Å². The molecule has 3 aromatic carbocycles. The van der Waals surface area contributed by atoms with Crippen LogP contribution in [0.2, 0.25) is 5.02 Å². The topological polar surface area (TPSA) is 81.7 Å². The maximum absolute atomic E-state index is 12.5. The molecular weight excluding hydrogens is 450 g/mol. The molecule has 8 heteroatoms. The molecule has 1 amide bonds. The summed E-state index contributed by atoms with van der Waals surface area (Å²) in [5.74, 6) is -0.479. The van der Waals surface area contributed by atoms with Crippen molar-refractivity contribution >= 4 is 46.7 Å². The molecule has 0 unspecified atom stereocenters. The first kappa shape index (κ1) is 23.4. The minimum atomic E-state index is -0.636. The number of thioether (sulfide) groups is 1. The van der Waals surface area contributed by atoms with Gasteiger partial charge in [-0.25, -0.2) is 4.79 Å². The van der Waals surface area contributed by atoms with E-state index < -0.39 is 12.6 Å². The highest BCUT2D eigenvalue weighted by atomic mass is 35.5. The average Bonchev–Trinajstić information content (AvgIpc) is 2.81. The van der Waals surface area contributed by atoms with E-state index in [1.54, 1.807) is 79.9 Å². The molecule has 3 rings (SSSR count). The Balaban J connectivity index is 1.57. The largest absolute Gasteiger partial charge is 0.497 e. The highest BCUT2D eigenvalue weighted by molar-refractivity contribution is 8.00. The molecule has 0 heterocycles. The van der Waals surface area contributed by atoms with Gasteiger partial charge in [0.15, 0.2) is 12.4 Å². The standard InChI is InChI=1S/C24H20ClNO5S/c1-30-19-6-4-5-18(13-19)26-23(28)15-32-22-8-3-2-7-20(22)24(29)31-14-21(27)16-9-11-17(25)12-10-16/h2-13H,14-15H2,1H3,(H,26,28). The Morgan fingerprint density at radius 1 is 0.969 bits per heavy atom. The van der Waals surface area contributed by atoms with Crippen molar-refractivity contribution in [1.82, 2.24) is 0 Å². The lowest BCUT2D eigenvalue weighted by Crippen LogP contribution is -2.16. The molecule has 0 atom stereocenters. The summed E-state index contributed by atoms with van der Waals surface area (Å²) in [7, 11) is 1.55. The first-order chi connectivity index (χ1) is 15.5. The van der Waals surface area contributed by atoms with Crippen LogP contribution in [-0.2, 0) is 9.53 Å². The first-order valence-electron chi connectivity index (χ1n) is 9.58. The van der Waals surface area contributed by atoms with Crippen molar-refractivity contribution in [3.8, 4) is 5.75 Å². The SMILES string of the molecule is COc1cccc(NC(=O)CSc2ccccc2C(=O)OCC(=O)c2ccc(Cl)cc2)c1. The Morgan fingerprint density at radius 2 is 1.72 bits per heavy atom. The highest BCUT2D eigenvalue weighted by Gasteiger charge is 2.16. The third kappa shape index (κ3) is 6.60. The van der Waals surface area contributed by atoms with Crippen LogP contribution < -0.4 is 10.1 Å². The number of esters is 1. The summed E-state index contributed by atoms with van der Waals surface area (Å²) >= 11 is 7.02. The maximum Gasteiger partial charge on any atom is 0.339 e. The van der Waals surface area contributed by atoms with E-state index in [1.807, 2.05) is 0 Å². The molecule has 0 spiro atoms. The fourth-order valence-electron chi connectivity index (χ4n) is 2.73. The van der Waals surface area contributed by atoms with Crippen LogP contribution in [0.3, 0.4) is 0 Å². The normalized spacial score (nSPS) is 10.3. The number of ether oxygens (including phenoxy) is 2. The van der Waals surface area contributed by atoms with E-state index in [-0.39, 0.29) is 23.0 Å². The summed E-state index contributed by atoms with van der Waals surface area (Å²) in [6.07, 6.45) is 0. The van der Waals surface area contributed by atoms with Gasteiger partial charge < -0.3 is 14.8 Å². The van der Waals surface area contributed by atoms with Crippen molar-refractivity contribution in [1.29, 1.82) is 0 Å². The van der Waals surface area contributed by atoms with Crippen LogP contribution in [0.15, 0.2) is 77.7 Å². The fraction of sp³-hybridized carbons (Fsp3) is 0.125. The smallest absolute Gasteiger partial charge is 0.339 e. The number of hydrogen-bond acceptors (Lipinski definition) is 6. The number of ketones is 1. The molecule has 6 nitrogen and oxygen atoms in total. The van der Waals surface area contributed by atoms with Gasteiger partial charge in [-0.3, -0.25) is 9.59 Å². The lowest BCUT2D eigenvalue weighted by molar-refractivity contribution is -0.113. The summed E-state index contributed by atoms with van der Waals surface area (Å²) in [4.78, 5) is 37.7. The average molecular weight is 470 g/mol. The number of Topliss-reactive ketones (excluding diaryl/α,β-unsaturated/α-hetero) is 1. The fourth-order valence-corrected chi connectivity index (χ4v) is 3.70. The molecule has 0 aliphatic carbocycles. The van der Waals surface area contributed by atoms with Crippen LogP contribution in [0.1, 0.15) is 20.7 Å². The lowest BCUT2D eigenvalue weighted by atomic mass is 10.1. The number of nitrogens with one attached hydrogen (secondary N) is 1. The Kier molecular flexibility index (Phi) is 8.30. The van der Waals surface area contributed by atoms with Crippen molar-refractivity contribution in [3.05, 3.63) is 88.9 Å². The summed E-state index contributed by atoms with van der Waals surface area (Å²) in [6.45, 7) is -0.393. The van der Waals surface area contributed by atoms with Crippen LogP contribution in [0, 0.1) is 0 Å². The van der Waals surface area contributed by atoms with Gasteiger partial charge in [-0.2, -0.15) is 0 Å². The number of rotatable bonds is 9. The molecule has 1 N–H and O–H groups in total. The van der Waals surface area contributed by atoms with E-state index >= 15 is 0 Å². The molecule has 32 heavy (non-hydrogen) atoms. The molecule has 0 radical (unpaired) electrons. The lowest BCUT2D eigenvalue weighted by Gasteiger charge is -2.10. The molecule has 0 saturated heterocycles. The van der Waals surface area contributed by atoms with Crippen LogP contribution in [-0.4, -0.2) is 37.1 Å². The van der Waals surface area contributed by atoms with E-state index in [9.17, 15) is 14.4 Å². The molecule has 0 saturated carbocycles. The third-order valence-corrected chi connectivity index (χ3v) is 5.65. The van der Waals surface area contributed by atoms with Crippen molar-refractivity contribution in [2.75, 3.05) is 24.8 Å². The second-order valence-electron chi connectivity index (χ2n) is 6.57. The van der Waals surface area contributed by atoms with Crippen LogP contribution >= 0.6 is 23.4 Å². The van der Waals surface area contributed by atoms with Crippen LogP contribution in [0.5, 0.6) is 5.75 Å². The van der Waals surface area contributed by atoms with Gasteiger partial charge in [0.05, 0.1) is 18.4 Å². The number of amides is 1. The van der Waals surface area contributed by atoms with Gasteiger partial charge in [0.1, 0.15) is 5.75 Å².